The minimum Gasteiger partial charge on any atom is -0.462 e. The molecule has 19 heteroatoms. The zero-order chi connectivity index (χ0) is 73.4. The van der Waals surface area contributed by atoms with E-state index in [1.807, 2.05) is 0 Å². The summed E-state index contributed by atoms with van der Waals surface area (Å²) in [5.41, 5.74) is 0. The van der Waals surface area contributed by atoms with Crippen molar-refractivity contribution >= 4 is 39.5 Å². The Balaban J connectivity index is 5.25. The normalized spacial score (nSPS) is 13.8. The van der Waals surface area contributed by atoms with Crippen molar-refractivity contribution in [1.29, 1.82) is 0 Å². The van der Waals surface area contributed by atoms with Crippen LogP contribution >= 0.6 is 15.6 Å². The van der Waals surface area contributed by atoms with E-state index in [4.69, 9.17) is 37.0 Å². The average molecular weight is 1470 g/mol. The third-order valence-electron chi connectivity index (χ3n) is 19.0. The highest BCUT2D eigenvalue weighted by atomic mass is 31.2. The summed E-state index contributed by atoms with van der Waals surface area (Å²) >= 11 is 0. The van der Waals surface area contributed by atoms with Gasteiger partial charge >= 0.3 is 39.5 Å². The molecule has 0 bridgehead atoms. The Bertz CT molecular complexity index is 1910. The molecule has 2 unspecified atom stereocenters. The number of hydrogen-bond acceptors (Lipinski definition) is 15. The van der Waals surface area contributed by atoms with Crippen LogP contribution in [0.2, 0.25) is 0 Å². The largest absolute Gasteiger partial charge is 0.472 e. The zero-order valence-electron chi connectivity index (χ0n) is 65.3. The van der Waals surface area contributed by atoms with E-state index in [0.29, 0.717) is 25.7 Å². The van der Waals surface area contributed by atoms with Gasteiger partial charge in [0.2, 0.25) is 0 Å². The number of phosphoric acid groups is 2. The predicted octanol–water partition coefficient (Wildman–Crippen LogP) is 24.4. The van der Waals surface area contributed by atoms with E-state index in [-0.39, 0.29) is 25.7 Å². The van der Waals surface area contributed by atoms with Crippen molar-refractivity contribution in [2.45, 2.75) is 451 Å². The number of carbonyl (C=O) groups is 4. The highest BCUT2D eigenvalue weighted by molar-refractivity contribution is 7.47. The summed E-state index contributed by atoms with van der Waals surface area (Å²) in [5.74, 6) is -1.34. The quantitative estimate of drug-likeness (QED) is 0.0222. The Labute approximate surface area is 613 Å². The molecule has 0 saturated heterocycles. The number of unbranched alkanes of at least 4 members (excludes halogenated alkanes) is 53. The molecular formula is C81H158O17P2. The Kier molecular flexibility index (Phi) is 72.5. The first kappa shape index (κ1) is 98.1. The van der Waals surface area contributed by atoms with Crippen LogP contribution in [-0.2, 0) is 65.4 Å². The van der Waals surface area contributed by atoms with Crippen molar-refractivity contribution < 1.29 is 80.2 Å². The molecule has 0 saturated carbocycles. The molecule has 0 fully saturated rings. The van der Waals surface area contributed by atoms with Crippen molar-refractivity contribution in [3.05, 3.63) is 0 Å². The number of carbonyl (C=O) groups excluding carboxylic acids is 4. The lowest BCUT2D eigenvalue weighted by atomic mass is 10.0. The molecule has 0 spiro atoms. The summed E-state index contributed by atoms with van der Waals surface area (Å²) < 4.78 is 68.7. The lowest BCUT2D eigenvalue weighted by Gasteiger charge is -2.21. The van der Waals surface area contributed by atoms with E-state index in [2.05, 4.69) is 34.6 Å². The second-order valence-electron chi connectivity index (χ2n) is 29.6. The molecule has 0 aromatic rings. The number of phosphoric ester groups is 2. The van der Waals surface area contributed by atoms with Crippen LogP contribution in [0.25, 0.3) is 0 Å². The van der Waals surface area contributed by atoms with E-state index in [1.165, 1.54) is 257 Å². The Morgan fingerprint density at radius 1 is 0.270 bits per heavy atom. The minimum absolute atomic E-state index is 0.107. The molecule has 0 radical (unpaired) electrons. The summed E-state index contributed by atoms with van der Waals surface area (Å²) in [6, 6.07) is 0. The molecule has 0 heterocycles. The fourth-order valence-electron chi connectivity index (χ4n) is 12.6. The van der Waals surface area contributed by atoms with E-state index in [0.717, 1.165) is 95.8 Å². The number of hydrogen-bond donors (Lipinski definition) is 3. The van der Waals surface area contributed by atoms with Gasteiger partial charge in [-0.3, -0.25) is 37.3 Å². The summed E-state index contributed by atoms with van der Waals surface area (Å²) in [5, 5.41) is 10.6. The van der Waals surface area contributed by atoms with Crippen molar-refractivity contribution in [2.24, 2.45) is 5.92 Å². The third kappa shape index (κ3) is 74.3. The topological polar surface area (TPSA) is 237 Å². The first-order valence-corrected chi connectivity index (χ1v) is 45.1. The first-order chi connectivity index (χ1) is 48.5. The van der Waals surface area contributed by atoms with Gasteiger partial charge in [0.25, 0.3) is 0 Å². The molecule has 100 heavy (non-hydrogen) atoms. The van der Waals surface area contributed by atoms with Crippen LogP contribution in [-0.4, -0.2) is 96.7 Å². The fourth-order valence-corrected chi connectivity index (χ4v) is 14.2. The third-order valence-corrected chi connectivity index (χ3v) is 20.9. The fraction of sp³-hybridized carbons (Fsp3) is 0.951. The maximum absolute atomic E-state index is 13.1. The molecule has 5 atom stereocenters. The highest BCUT2D eigenvalue weighted by Gasteiger charge is 2.30. The molecule has 0 amide bonds. The SMILES string of the molecule is CCCCCCCCCCCCCCCCCCCCC(=O)O[C@H](COC(=O)CCCCCCCCCCCCCCCCCCC)COP(=O)(O)OC[C@@H](O)COP(=O)(O)OC[C@@H](COC(=O)CCCCCCCCCCCCC)OC(=O)CCCCCCCCCCCCCC(C)C. The monoisotopic (exact) mass is 1470 g/mol. The van der Waals surface area contributed by atoms with E-state index >= 15 is 0 Å². The van der Waals surface area contributed by atoms with E-state index < -0.39 is 97.5 Å². The van der Waals surface area contributed by atoms with Gasteiger partial charge in [-0.2, -0.15) is 0 Å². The van der Waals surface area contributed by atoms with Gasteiger partial charge in [0.1, 0.15) is 19.3 Å². The van der Waals surface area contributed by atoms with Gasteiger partial charge in [0, 0.05) is 25.7 Å². The van der Waals surface area contributed by atoms with Crippen molar-refractivity contribution in [2.75, 3.05) is 39.6 Å². The highest BCUT2D eigenvalue weighted by Crippen LogP contribution is 2.45. The minimum atomic E-state index is -4.96. The summed E-state index contributed by atoms with van der Waals surface area (Å²) in [6.45, 7) is 7.33. The summed E-state index contributed by atoms with van der Waals surface area (Å²) in [7, 11) is -9.92. The van der Waals surface area contributed by atoms with Gasteiger partial charge < -0.3 is 33.8 Å². The van der Waals surface area contributed by atoms with Crippen molar-refractivity contribution in [3.63, 3.8) is 0 Å². The molecule has 0 aromatic heterocycles. The molecular weight excluding hydrogens is 1310 g/mol. The van der Waals surface area contributed by atoms with Crippen LogP contribution in [0.4, 0.5) is 0 Å². The number of aliphatic hydroxyl groups is 1. The smallest absolute Gasteiger partial charge is 0.462 e. The Morgan fingerprint density at radius 3 is 0.680 bits per heavy atom. The number of rotatable bonds is 81. The second kappa shape index (κ2) is 73.9. The maximum Gasteiger partial charge on any atom is 0.472 e. The first-order valence-electron chi connectivity index (χ1n) is 42.1. The van der Waals surface area contributed by atoms with E-state index in [9.17, 15) is 43.2 Å². The standard InChI is InChI=1S/C81H158O17P2/c1-6-9-12-15-18-21-24-26-28-30-32-34-36-41-46-51-56-61-66-80(85)97-77(71-92-79(84)65-60-55-50-45-40-35-33-31-29-27-25-22-19-16-13-10-7-2)73-96-100(89,90)94-69-75(82)68-93-99(87,88)95-72-76(70-91-78(83)64-59-54-49-44-38-23-20-17-14-11-8-3)98-81(86)67-62-57-52-47-42-37-39-43-48-53-58-63-74(4)5/h74-77,82H,6-73H2,1-5H3,(H,87,88)(H,89,90)/t75-,76+,77+/m0/s1. The van der Waals surface area contributed by atoms with Crippen molar-refractivity contribution in [1.82, 2.24) is 0 Å². The van der Waals surface area contributed by atoms with Crippen LogP contribution < -0.4 is 0 Å². The van der Waals surface area contributed by atoms with Gasteiger partial charge in [-0.25, -0.2) is 9.13 Å². The molecule has 3 N–H and O–H groups in total. The average Bonchev–Trinajstić information content (AvgIpc) is 0.989. The van der Waals surface area contributed by atoms with Crippen LogP contribution in [0.3, 0.4) is 0 Å². The zero-order valence-corrected chi connectivity index (χ0v) is 67.1. The molecule has 0 aliphatic rings. The van der Waals surface area contributed by atoms with Crippen LogP contribution in [0.5, 0.6) is 0 Å². The lowest BCUT2D eigenvalue weighted by molar-refractivity contribution is -0.161. The van der Waals surface area contributed by atoms with Gasteiger partial charge in [0.15, 0.2) is 12.2 Å². The van der Waals surface area contributed by atoms with Gasteiger partial charge in [-0.1, -0.05) is 381 Å². The van der Waals surface area contributed by atoms with Crippen LogP contribution in [0, 0.1) is 5.92 Å². The number of ether oxygens (including phenoxy) is 4. The predicted molar refractivity (Wildman–Crippen MR) is 409 cm³/mol. The van der Waals surface area contributed by atoms with Gasteiger partial charge in [-0.15, -0.1) is 0 Å². The Hall–Kier alpha value is -1.94. The van der Waals surface area contributed by atoms with Gasteiger partial charge in [-0.05, 0) is 31.6 Å². The van der Waals surface area contributed by atoms with Crippen LogP contribution in [0.15, 0.2) is 0 Å². The number of esters is 4. The summed E-state index contributed by atoms with van der Waals surface area (Å²) in [4.78, 5) is 73.0. The lowest BCUT2D eigenvalue weighted by Crippen LogP contribution is -2.30. The van der Waals surface area contributed by atoms with Crippen LogP contribution in [0.1, 0.15) is 433 Å². The molecule has 0 aliphatic carbocycles. The molecule has 0 rings (SSSR count). The van der Waals surface area contributed by atoms with E-state index in [1.54, 1.807) is 0 Å². The Morgan fingerprint density at radius 2 is 0.460 bits per heavy atom. The van der Waals surface area contributed by atoms with Gasteiger partial charge in [0.05, 0.1) is 26.4 Å². The molecule has 17 nitrogen and oxygen atoms in total. The molecule has 0 aromatic carbocycles. The second-order valence-corrected chi connectivity index (χ2v) is 32.5. The number of aliphatic hydroxyl groups excluding tert-OH is 1. The maximum atomic E-state index is 13.1. The molecule has 0 aliphatic heterocycles. The van der Waals surface area contributed by atoms with Crippen molar-refractivity contribution in [3.8, 4) is 0 Å². The molecule has 594 valence electrons. The summed E-state index contributed by atoms with van der Waals surface area (Å²) in [6.07, 6.45) is 65.1.